The molecular formula is C18H14FNOS2. The summed E-state index contributed by atoms with van der Waals surface area (Å²) in [4.78, 5) is 14.8. The molecule has 0 radical (unpaired) electrons. The molecule has 1 fully saturated rings. The van der Waals surface area contributed by atoms with Gasteiger partial charge in [-0.05, 0) is 54.8 Å². The maximum absolute atomic E-state index is 13.3. The first-order valence-electron chi connectivity index (χ1n) is 7.06. The highest BCUT2D eigenvalue weighted by atomic mass is 32.2. The summed E-state index contributed by atoms with van der Waals surface area (Å²) in [5.41, 5.74) is 3.49. The largest absolute Gasteiger partial charge is 0.270 e. The number of thiocarbonyl (C=S) groups is 1. The lowest BCUT2D eigenvalue weighted by atomic mass is 10.1. The number of hydrogen-bond donors (Lipinski definition) is 0. The summed E-state index contributed by atoms with van der Waals surface area (Å²) in [5, 5.41) is 0. The summed E-state index contributed by atoms with van der Waals surface area (Å²) < 4.78 is 13.8. The van der Waals surface area contributed by atoms with Crippen LogP contribution < -0.4 is 4.90 Å². The zero-order valence-corrected chi connectivity index (χ0v) is 14.3. The Hall–Kier alpha value is -1.98. The van der Waals surface area contributed by atoms with Gasteiger partial charge >= 0.3 is 0 Å². The average Bonchev–Trinajstić information content (AvgIpc) is 2.76. The quantitative estimate of drug-likeness (QED) is 0.574. The van der Waals surface area contributed by atoms with E-state index in [0.29, 0.717) is 14.8 Å². The van der Waals surface area contributed by atoms with Gasteiger partial charge in [-0.2, -0.15) is 0 Å². The van der Waals surface area contributed by atoms with Gasteiger partial charge in [0.2, 0.25) is 0 Å². The van der Waals surface area contributed by atoms with Crippen molar-refractivity contribution in [2.75, 3.05) is 4.90 Å². The SMILES string of the molecule is Cc1ccc(C)c(N2C(=O)/C(=C/c3cccc(F)c3)SC2=S)c1. The molecule has 116 valence electrons. The predicted octanol–water partition coefficient (Wildman–Crippen LogP) is 4.85. The van der Waals surface area contributed by atoms with Gasteiger partial charge in [-0.3, -0.25) is 9.69 Å². The summed E-state index contributed by atoms with van der Waals surface area (Å²) in [6.45, 7) is 3.92. The van der Waals surface area contributed by atoms with Gasteiger partial charge in [0.05, 0.1) is 10.6 Å². The molecule has 0 unspecified atom stereocenters. The van der Waals surface area contributed by atoms with Crippen LogP contribution in [-0.4, -0.2) is 10.2 Å². The van der Waals surface area contributed by atoms with Crippen molar-refractivity contribution in [1.82, 2.24) is 0 Å². The van der Waals surface area contributed by atoms with Crippen molar-refractivity contribution in [1.29, 1.82) is 0 Å². The zero-order valence-electron chi connectivity index (χ0n) is 12.7. The molecular weight excluding hydrogens is 329 g/mol. The number of halogens is 1. The highest BCUT2D eigenvalue weighted by Gasteiger charge is 2.34. The van der Waals surface area contributed by atoms with Gasteiger partial charge in [-0.1, -0.05) is 48.2 Å². The van der Waals surface area contributed by atoms with E-state index in [9.17, 15) is 9.18 Å². The Labute approximate surface area is 144 Å². The fourth-order valence-electron chi connectivity index (χ4n) is 2.38. The lowest BCUT2D eigenvalue weighted by molar-refractivity contribution is -0.113. The van der Waals surface area contributed by atoms with Crippen LogP contribution in [0.3, 0.4) is 0 Å². The number of benzene rings is 2. The molecule has 1 heterocycles. The third-order valence-corrected chi connectivity index (χ3v) is 4.85. The monoisotopic (exact) mass is 343 g/mol. The molecule has 2 aromatic rings. The zero-order chi connectivity index (χ0) is 16.6. The highest BCUT2D eigenvalue weighted by Crippen LogP contribution is 2.37. The van der Waals surface area contributed by atoms with Gasteiger partial charge in [0.25, 0.3) is 5.91 Å². The third kappa shape index (κ3) is 3.21. The Bertz CT molecular complexity index is 845. The fraction of sp³-hybridized carbons (Fsp3) is 0.111. The number of aryl methyl sites for hydroxylation is 2. The first kappa shape index (κ1) is 15.9. The van der Waals surface area contributed by atoms with E-state index in [1.165, 1.54) is 23.9 Å². The number of carbonyl (C=O) groups excluding carboxylic acids is 1. The van der Waals surface area contributed by atoms with Gasteiger partial charge in [-0.15, -0.1) is 0 Å². The molecule has 0 atom stereocenters. The molecule has 0 aliphatic carbocycles. The van der Waals surface area contributed by atoms with Gasteiger partial charge in [0.1, 0.15) is 5.82 Å². The van der Waals surface area contributed by atoms with Crippen LogP contribution in [0, 0.1) is 19.7 Å². The van der Waals surface area contributed by atoms with E-state index < -0.39 is 0 Å². The minimum absolute atomic E-state index is 0.169. The minimum Gasteiger partial charge on any atom is -0.268 e. The smallest absolute Gasteiger partial charge is 0.268 e. The molecule has 1 amide bonds. The van der Waals surface area contributed by atoms with E-state index in [-0.39, 0.29) is 11.7 Å². The Balaban J connectivity index is 1.99. The van der Waals surface area contributed by atoms with Crippen LogP contribution in [0.1, 0.15) is 16.7 Å². The molecule has 5 heteroatoms. The first-order valence-corrected chi connectivity index (χ1v) is 8.29. The topological polar surface area (TPSA) is 20.3 Å². The number of thioether (sulfide) groups is 1. The van der Waals surface area contributed by atoms with Crippen LogP contribution >= 0.6 is 24.0 Å². The van der Waals surface area contributed by atoms with Crippen molar-refractivity contribution in [3.63, 3.8) is 0 Å². The number of nitrogens with zero attached hydrogens (tertiary/aromatic N) is 1. The highest BCUT2D eigenvalue weighted by molar-refractivity contribution is 8.27. The second-order valence-electron chi connectivity index (χ2n) is 5.36. The molecule has 1 saturated heterocycles. The van der Waals surface area contributed by atoms with Crippen LogP contribution in [-0.2, 0) is 4.79 Å². The van der Waals surface area contributed by atoms with Crippen molar-refractivity contribution in [3.8, 4) is 0 Å². The van der Waals surface area contributed by atoms with Gasteiger partial charge in [0, 0.05) is 0 Å². The molecule has 3 rings (SSSR count). The van der Waals surface area contributed by atoms with E-state index in [1.54, 1.807) is 23.1 Å². The maximum Gasteiger partial charge on any atom is 0.270 e. The van der Waals surface area contributed by atoms with Crippen molar-refractivity contribution in [2.45, 2.75) is 13.8 Å². The molecule has 0 aromatic heterocycles. The van der Waals surface area contributed by atoms with Crippen LogP contribution in [0.2, 0.25) is 0 Å². The van der Waals surface area contributed by atoms with Gasteiger partial charge in [-0.25, -0.2) is 4.39 Å². The lowest BCUT2D eigenvalue weighted by Crippen LogP contribution is -2.28. The fourth-order valence-corrected chi connectivity index (χ4v) is 3.67. The summed E-state index contributed by atoms with van der Waals surface area (Å²) in [6.07, 6.45) is 1.67. The maximum atomic E-state index is 13.3. The molecule has 1 aliphatic rings. The standard InChI is InChI=1S/C18H14FNOS2/c1-11-6-7-12(2)15(8-11)20-17(21)16(23-18(20)22)10-13-4-3-5-14(19)9-13/h3-10H,1-2H3/b16-10-. The second kappa shape index (κ2) is 6.26. The Kier molecular flexibility index (Phi) is 4.33. The minimum atomic E-state index is -0.330. The number of carbonyl (C=O) groups is 1. The molecule has 2 nitrogen and oxygen atoms in total. The molecule has 0 spiro atoms. The van der Waals surface area contributed by atoms with E-state index >= 15 is 0 Å². The van der Waals surface area contributed by atoms with Crippen LogP contribution in [0.4, 0.5) is 10.1 Å². The summed E-state index contributed by atoms with van der Waals surface area (Å²) in [7, 11) is 0. The first-order chi connectivity index (χ1) is 11.0. The molecule has 1 aliphatic heterocycles. The molecule has 0 saturated carbocycles. The number of hydrogen-bond acceptors (Lipinski definition) is 3. The van der Waals surface area contributed by atoms with Crippen molar-refractivity contribution < 1.29 is 9.18 Å². The normalized spacial score (nSPS) is 16.5. The number of rotatable bonds is 2. The van der Waals surface area contributed by atoms with Crippen LogP contribution in [0.5, 0.6) is 0 Å². The molecule has 23 heavy (non-hydrogen) atoms. The molecule has 0 bridgehead atoms. The summed E-state index contributed by atoms with van der Waals surface area (Å²) in [5.74, 6) is -0.498. The third-order valence-electron chi connectivity index (χ3n) is 3.55. The summed E-state index contributed by atoms with van der Waals surface area (Å²) >= 11 is 6.61. The van der Waals surface area contributed by atoms with E-state index in [2.05, 4.69) is 0 Å². The Morgan fingerprint density at radius 3 is 2.70 bits per heavy atom. The Morgan fingerprint density at radius 1 is 1.17 bits per heavy atom. The average molecular weight is 343 g/mol. The van der Waals surface area contributed by atoms with E-state index in [4.69, 9.17) is 12.2 Å². The van der Waals surface area contributed by atoms with E-state index in [0.717, 1.165) is 16.8 Å². The molecule has 2 aromatic carbocycles. The second-order valence-corrected chi connectivity index (χ2v) is 7.04. The predicted molar refractivity (Wildman–Crippen MR) is 98.0 cm³/mol. The van der Waals surface area contributed by atoms with Crippen molar-refractivity contribution in [3.05, 3.63) is 69.9 Å². The Morgan fingerprint density at radius 2 is 1.96 bits per heavy atom. The van der Waals surface area contributed by atoms with Crippen molar-refractivity contribution >= 4 is 46.0 Å². The van der Waals surface area contributed by atoms with Gasteiger partial charge < -0.3 is 0 Å². The molecule has 0 N–H and O–H groups in total. The number of anilines is 1. The van der Waals surface area contributed by atoms with Gasteiger partial charge in [0.15, 0.2) is 4.32 Å². The lowest BCUT2D eigenvalue weighted by Gasteiger charge is -2.17. The van der Waals surface area contributed by atoms with Crippen LogP contribution in [0.25, 0.3) is 6.08 Å². The van der Waals surface area contributed by atoms with Crippen LogP contribution in [0.15, 0.2) is 47.4 Å². The van der Waals surface area contributed by atoms with E-state index in [1.807, 2.05) is 32.0 Å². The van der Waals surface area contributed by atoms with Crippen molar-refractivity contribution in [2.24, 2.45) is 0 Å². The summed E-state index contributed by atoms with van der Waals surface area (Å²) in [6, 6.07) is 12.1. The number of amides is 1.